The molecule has 0 saturated carbocycles. The second-order valence-electron chi connectivity index (χ2n) is 4.66. The van der Waals surface area contributed by atoms with E-state index in [1.807, 2.05) is 4.90 Å². The summed E-state index contributed by atoms with van der Waals surface area (Å²) in [5.74, 6) is 0.474. The molecule has 19 heavy (non-hydrogen) atoms. The zero-order valence-corrected chi connectivity index (χ0v) is 10.9. The summed E-state index contributed by atoms with van der Waals surface area (Å²) in [6.07, 6.45) is -1.87. The SMILES string of the molecule is OC[C@H]1CCCN(c2ncc(C(F)(F)F)cc2Cl)C1. The number of aromatic nitrogens is 1. The van der Waals surface area contributed by atoms with Gasteiger partial charge in [-0.25, -0.2) is 4.98 Å². The Labute approximate surface area is 114 Å². The van der Waals surface area contributed by atoms with Crippen LogP contribution in [0.4, 0.5) is 19.0 Å². The lowest BCUT2D eigenvalue weighted by atomic mass is 9.99. The van der Waals surface area contributed by atoms with Crippen LogP contribution < -0.4 is 4.90 Å². The Balaban J connectivity index is 2.21. The van der Waals surface area contributed by atoms with Gasteiger partial charge in [-0.3, -0.25) is 0 Å². The molecule has 1 N–H and O–H groups in total. The van der Waals surface area contributed by atoms with E-state index in [-0.39, 0.29) is 17.5 Å². The fourth-order valence-electron chi connectivity index (χ4n) is 2.22. The average Bonchev–Trinajstić information content (AvgIpc) is 2.37. The molecule has 0 unspecified atom stereocenters. The van der Waals surface area contributed by atoms with Gasteiger partial charge in [0.1, 0.15) is 5.82 Å². The number of anilines is 1. The molecule has 0 spiro atoms. The third-order valence-corrected chi connectivity index (χ3v) is 3.50. The molecule has 106 valence electrons. The maximum atomic E-state index is 12.5. The van der Waals surface area contributed by atoms with Crippen molar-refractivity contribution in [2.24, 2.45) is 5.92 Å². The van der Waals surface area contributed by atoms with Crippen molar-refractivity contribution in [3.63, 3.8) is 0 Å². The Morgan fingerprint density at radius 1 is 1.47 bits per heavy atom. The molecule has 0 amide bonds. The fourth-order valence-corrected chi connectivity index (χ4v) is 2.51. The summed E-state index contributed by atoms with van der Waals surface area (Å²) < 4.78 is 37.5. The van der Waals surface area contributed by atoms with Crippen LogP contribution in [-0.2, 0) is 6.18 Å². The summed E-state index contributed by atoms with van der Waals surface area (Å²) in [7, 11) is 0. The highest BCUT2D eigenvalue weighted by molar-refractivity contribution is 6.33. The second kappa shape index (κ2) is 5.54. The largest absolute Gasteiger partial charge is 0.417 e. The molecular weight excluding hydrogens is 281 g/mol. The van der Waals surface area contributed by atoms with Crippen LogP contribution in [0, 0.1) is 5.92 Å². The van der Waals surface area contributed by atoms with Crippen LogP contribution in [0.25, 0.3) is 0 Å². The quantitative estimate of drug-likeness (QED) is 0.911. The minimum absolute atomic E-state index is 0.00610. The van der Waals surface area contributed by atoms with Crippen LogP contribution in [0.15, 0.2) is 12.3 Å². The zero-order chi connectivity index (χ0) is 14.0. The van der Waals surface area contributed by atoms with Crippen molar-refractivity contribution in [3.05, 3.63) is 22.8 Å². The molecule has 1 fully saturated rings. The van der Waals surface area contributed by atoms with Crippen molar-refractivity contribution in [2.75, 3.05) is 24.6 Å². The lowest BCUT2D eigenvalue weighted by Gasteiger charge is -2.33. The summed E-state index contributed by atoms with van der Waals surface area (Å²) in [5, 5.41) is 9.14. The van der Waals surface area contributed by atoms with Gasteiger partial charge in [-0.1, -0.05) is 11.6 Å². The standard InChI is InChI=1S/C12H14ClF3N2O/c13-10-4-9(12(14,15)16)5-17-11(10)18-3-1-2-8(6-18)7-19/h4-5,8,19H,1-3,6-7H2/t8-/m0/s1. The van der Waals surface area contributed by atoms with E-state index in [0.717, 1.165) is 25.1 Å². The van der Waals surface area contributed by atoms with E-state index in [1.54, 1.807) is 0 Å². The van der Waals surface area contributed by atoms with Gasteiger partial charge in [0.15, 0.2) is 0 Å². The molecule has 1 aliphatic heterocycles. The zero-order valence-electron chi connectivity index (χ0n) is 10.1. The highest BCUT2D eigenvalue weighted by atomic mass is 35.5. The van der Waals surface area contributed by atoms with Crippen LogP contribution in [-0.4, -0.2) is 29.8 Å². The van der Waals surface area contributed by atoms with Gasteiger partial charge in [-0.2, -0.15) is 13.2 Å². The Hall–Kier alpha value is -1.01. The van der Waals surface area contributed by atoms with Gasteiger partial charge in [-0.15, -0.1) is 0 Å². The van der Waals surface area contributed by atoms with Crippen molar-refractivity contribution >= 4 is 17.4 Å². The monoisotopic (exact) mass is 294 g/mol. The number of piperidine rings is 1. The van der Waals surface area contributed by atoms with Crippen LogP contribution >= 0.6 is 11.6 Å². The number of aliphatic hydroxyl groups is 1. The number of nitrogens with zero attached hydrogens (tertiary/aromatic N) is 2. The molecule has 1 saturated heterocycles. The Morgan fingerprint density at radius 3 is 2.79 bits per heavy atom. The summed E-state index contributed by atoms with van der Waals surface area (Å²) in [6, 6.07) is 0.895. The normalized spacial score (nSPS) is 20.7. The van der Waals surface area contributed by atoms with Gasteiger partial charge in [0.2, 0.25) is 0 Å². The maximum absolute atomic E-state index is 12.5. The number of rotatable bonds is 2. The van der Waals surface area contributed by atoms with Crippen molar-refractivity contribution < 1.29 is 18.3 Å². The lowest BCUT2D eigenvalue weighted by molar-refractivity contribution is -0.137. The first kappa shape index (κ1) is 14.4. The number of pyridine rings is 1. The third kappa shape index (κ3) is 3.30. The van der Waals surface area contributed by atoms with Gasteiger partial charge in [0.05, 0.1) is 10.6 Å². The van der Waals surface area contributed by atoms with Gasteiger partial charge >= 0.3 is 6.18 Å². The van der Waals surface area contributed by atoms with Gasteiger partial charge in [0.25, 0.3) is 0 Å². The predicted octanol–water partition coefficient (Wildman–Crippen LogP) is 2.96. The molecule has 7 heteroatoms. The molecule has 0 aliphatic carbocycles. The summed E-state index contributed by atoms with van der Waals surface area (Å²) >= 11 is 5.89. The Kier molecular flexibility index (Phi) is 4.20. The highest BCUT2D eigenvalue weighted by Crippen LogP contribution is 2.34. The minimum atomic E-state index is -4.44. The van der Waals surface area contributed by atoms with E-state index < -0.39 is 11.7 Å². The number of aliphatic hydroxyl groups excluding tert-OH is 1. The van der Waals surface area contributed by atoms with Crippen LogP contribution in [0.3, 0.4) is 0 Å². The summed E-state index contributed by atoms with van der Waals surface area (Å²) in [4.78, 5) is 5.66. The van der Waals surface area contributed by atoms with E-state index in [1.165, 1.54) is 0 Å². The lowest BCUT2D eigenvalue weighted by Crippen LogP contribution is -2.37. The van der Waals surface area contributed by atoms with Gasteiger partial charge < -0.3 is 10.0 Å². The molecule has 3 nitrogen and oxygen atoms in total. The molecule has 1 aliphatic rings. The molecule has 1 aromatic heterocycles. The topological polar surface area (TPSA) is 36.4 Å². The van der Waals surface area contributed by atoms with Crippen LogP contribution in [0.1, 0.15) is 18.4 Å². The molecule has 0 radical (unpaired) electrons. The first-order valence-electron chi connectivity index (χ1n) is 6.00. The molecule has 1 aromatic rings. The average molecular weight is 295 g/mol. The highest BCUT2D eigenvalue weighted by Gasteiger charge is 2.32. The Morgan fingerprint density at radius 2 is 2.21 bits per heavy atom. The Bertz CT molecular complexity index is 453. The third-order valence-electron chi connectivity index (χ3n) is 3.23. The predicted molar refractivity (Wildman–Crippen MR) is 66.3 cm³/mol. The van der Waals surface area contributed by atoms with E-state index in [0.29, 0.717) is 18.9 Å². The van der Waals surface area contributed by atoms with Crippen molar-refractivity contribution in [1.29, 1.82) is 0 Å². The number of halogens is 4. The van der Waals surface area contributed by atoms with Gasteiger partial charge in [0, 0.05) is 25.9 Å². The smallest absolute Gasteiger partial charge is 0.396 e. The van der Waals surface area contributed by atoms with Crippen molar-refractivity contribution in [1.82, 2.24) is 4.98 Å². The number of hydrogen-bond acceptors (Lipinski definition) is 3. The number of hydrogen-bond donors (Lipinski definition) is 1. The molecule has 2 rings (SSSR count). The van der Waals surface area contributed by atoms with Crippen molar-refractivity contribution in [3.8, 4) is 0 Å². The fraction of sp³-hybridized carbons (Fsp3) is 0.583. The van der Waals surface area contributed by atoms with E-state index in [2.05, 4.69) is 4.98 Å². The van der Waals surface area contributed by atoms with Gasteiger partial charge in [-0.05, 0) is 24.8 Å². The first-order valence-corrected chi connectivity index (χ1v) is 6.38. The first-order chi connectivity index (χ1) is 8.91. The van der Waals surface area contributed by atoms with Crippen molar-refractivity contribution in [2.45, 2.75) is 19.0 Å². The molecule has 1 atom stereocenters. The summed E-state index contributed by atoms with van der Waals surface area (Å²) in [5.41, 5.74) is -0.850. The molecule has 2 heterocycles. The summed E-state index contributed by atoms with van der Waals surface area (Å²) in [6.45, 7) is 1.32. The maximum Gasteiger partial charge on any atom is 0.417 e. The van der Waals surface area contributed by atoms with E-state index in [4.69, 9.17) is 16.7 Å². The minimum Gasteiger partial charge on any atom is -0.396 e. The second-order valence-corrected chi connectivity index (χ2v) is 5.07. The van der Waals surface area contributed by atoms with Crippen LogP contribution in [0.2, 0.25) is 5.02 Å². The van der Waals surface area contributed by atoms with E-state index >= 15 is 0 Å². The molecular formula is C12H14ClF3N2O. The van der Waals surface area contributed by atoms with E-state index in [9.17, 15) is 13.2 Å². The number of alkyl halides is 3. The van der Waals surface area contributed by atoms with Crippen LogP contribution in [0.5, 0.6) is 0 Å². The molecule has 0 bridgehead atoms. The molecule has 0 aromatic carbocycles.